The Labute approximate surface area is 130 Å². The maximum atomic E-state index is 11.6. The molecular formula is C14H18O9. The minimum Gasteiger partial charge on any atom is -0.508 e. The molecule has 1 aliphatic rings. The molecule has 9 heteroatoms. The molecule has 0 saturated carbocycles. The number of hydrogen-bond acceptors (Lipinski definition) is 9. The van der Waals surface area contributed by atoms with Crippen molar-refractivity contribution in [2.45, 2.75) is 37.6 Å². The van der Waals surface area contributed by atoms with Crippen LogP contribution in [0.3, 0.4) is 0 Å². The van der Waals surface area contributed by atoms with Crippen LogP contribution in [0, 0.1) is 0 Å². The van der Waals surface area contributed by atoms with Crippen LogP contribution in [0.5, 0.6) is 17.2 Å². The summed E-state index contributed by atoms with van der Waals surface area (Å²) in [6.07, 6.45) is -7.62. The van der Waals surface area contributed by atoms with E-state index in [0.29, 0.717) is 0 Å². The maximum Gasteiger partial charge on any atom is 0.229 e. The number of rotatable bonds is 4. The average Bonchev–Trinajstić information content (AvgIpc) is 2.46. The Hall–Kier alpha value is -1.91. The van der Waals surface area contributed by atoms with Gasteiger partial charge in [0, 0.05) is 12.1 Å². The van der Waals surface area contributed by atoms with Gasteiger partial charge in [-0.3, -0.25) is 4.79 Å². The molecule has 0 radical (unpaired) electrons. The molecule has 128 valence electrons. The number of aromatic hydroxyl groups is 2. The third-order valence-electron chi connectivity index (χ3n) is 3.51. The first kappa shape index (κ1) is 17.4. The molecule has 23 heavy (non-hydrogen) atoms. The highest BCUT2D eigenvalue weighted by Gasteiger charge is 2.45. The zero-order valence-electron chi connectivity index (χ0n) is 12.2. The Kier molecular flexibility index (Phi) is 5.07. The highest BCUT2D eigenvalue weighted by molar-refractivity contribution is 5.99. The van der Waals surface area contributed by atoms with Crippen molar-refractivity contribution in [3.63, 3.8) is 0 Å². The summed E-state index contributed by atoms with van der Waals surface area (Å²) in [5, 5.41) is 57.6. The lowest BCUT2D eigenvalue weighted by atomic mass is 9.99. The number of benzene rings is 1. The first-order valence-electron chi connectivity index (χ1n) is 6.80. The molecule has 0 spiro atoms. The molecule has 0 aliphatic carbocycles. The largest absolute Gasteiger partial charge is 0.508 e. The third kappa shape index (κ3) is 3.38. The molecular weight excluding hydrogens is 312 g/mol. The second kappa shape index (κ2) is 6.69. The normalized spacial score (nSPS) is 30.9. The van der Waals surface area contributed by atoms with E-state index in [1.165, 1.54) is 0 Å². The van der Waals surface area contributed by atoms with E-state index in [0.717, 1.165) is 19.1 Å². The molecule has 1 heterocycles. The smallest absolute Gasteiger partial charge is 0.229 e. The highest BCUT2D eigenvalue weighted by atomic mass is 16.7. The molecule has 0 bridgehead atoms. The molecule has 0 aromatic heterocycles. The van der Waals surface area contributed by atoms with Crippen LogP contribution in [0.15, 0.2) is 12.1 Å². The van der Waals surface area contributed by atoms with Crippen molar-refractivity contribution in [2.24, 2.45) is 0 Å². The molecule has 1 fully saturated rings. The number of hydrogen-bond donors (Lipinski definition) is 6. The van der Waals surface area contributed by atoms with Gasteiger partial charge in [0.25, 0.3) is 0 Å². The van der Waals surface area contributed by atoms with Gasteiger partial charge in [-0.1, -0.05) is 0 Å². The second-order valence-electron chi connectivity index (χ2n) is 5.21. The summed E-state index contributed by atoms with van der Waals surface area (Å²) < 4.78 is 10.4. The van der Waals surface area contributed by atoms with Crippen molar-refractivity contribution < 1.29 is 44.9 Å². The molecule has 6 N–H and O–H groups in total. The van der Waals surface area contributed by atoms with E-state index in [-0.39, 0.29) is 11.3 Å². The van der Waals surface area contributed by atoms with E-state index in [2.05, 4.69) is 0 Å². The van der Waals surface area contributed by atoms with Gasteiger partial charge in [0.1, 0.15) is 47.2 Å². The number of phenolic OH excluding ortho intramolecular Hbond substituents is 2. The lowest BCUT2D eigenvalue weighted by Gasteiger charge is -2.39. The number of carbonyl (C=O) groups excluding carboxylic acids is 1. The number of ether oxygens (including phenoxy) is 2. The summed E-state index contributed by atoms with van der Waals surface area (Å²) in [6.45, 7) is 0.516. The average molecular weight is 330 g/mol. The summed E-state index contributed by atoms with van der Waals surface area (Å²) in [6, 6.07) is 1.97. The van der Waals surface area contributed by atoms with Gasteiger partial charge in [-0.2, -0.15) is 0 Å². The fourth-order valence-corrected chi connectivity index (χ4v) is 2.32. The number of aliphatic hydroxyl groups is 4. The van der Waals surface area contributed by atoms with E-state index in [1.54, 1.807) is 0 Å². The van der Waals surface area contributed by atoms with Gasteiger partial charge in [0.15, 0.2) is 5.78 Å². The van der Waals surface area contributed by atoms with E-state index in [1.807, 2.05) is 0 Å². The van der Waals surface area contributed by atoms with Crippen LogP contribution < -0.4 is 4.74 Å². The summed E-state index contributed by atoms with van der Waals surface area (Å²) in [5.74, 6) is -1.77. The highest BCUT2D eigenvalue weighted by Crippen LogP contribution is 2.35. The second-order valence-corrected chi connectivity index (χ2v) is 5.21. The van der Waals surface area contributed by atoms with Crippen LogP contribution in [-0.4, -0.2) is 73.7 Å². The summed E-state index contributed by atoms with van der Waals surface area (Å²) in [7, 11) is 0. The Morgan fingerprint density at radius 1 is 1.17 bits per heavy atom. The van der Waals surface area contributed by atoms with Crippen LogP contribution >= 0.6 is 0 Å². The SMILES string of the molecule is CC(=O)c1c(O)cc(O)cc1O[C@@H]1O[C@H](CO)[C@H](O)[C@@H](O)[C@H]1O. The van der Waals surface area contributed by atoms with Crippen molar-refractivity contribution in [1.29, 1.82) is 0 Å². The van der Waals surface area contributed by atoms with Gasteiger partial charge in [-0.25, -0.2) is 0 Å². The van der Waals surface area contributed by atoms with Crippen molar-refractivity contribution in [1.82, 2.24) is 0 Å². The standard InChI is InChI=1S/C14H18O9/c1-5(16)10-7(18)2-6(17)3-8(10)22-14-13(21)12(20)11(19)9(4-15)23-14/h2-3,9,11-15,17-21H,4H2,1H3/t9-,11+,12-,13-,14-/m1/s1. The third-order valence-corrected chi connectivity index (χ3v) is 3.51. The van der Waals surface area contributed by atoms with Gasteiger partial charge in [-0.05, 0) is 6.92 Å². The van der Waals surface area contributed by atoms with E-state index < -0.39 is 54.6 Å². The minimum atomic E-state index is -1.68. The van der Waals surface area contributed by atoms with Gasteiger partial charge >= 0.3 is 0 Å². The summed E-state index contributed by atoms with van der Waals surface area (Å²) in [5.41, 5.74) is -0.250. The molecule has 0 unspecified atom stereocenters. The summed E-state index contributed by atoms with van der Waals surface area (Å²) >= 11 is 0. The molecule has 1 aliphatic heterocycles. The minimum absolute atomic E-state index is 0.250. The van der Waals surface area contributed by atoms with Crippen LogP contribution in [0.2, 0.25) is 0 Å². The van der Waals surface area contributed by atoms with Crippen LogP contribution in [0.25, 0.3) is 0 Å². The lowest BCUT2D eigenvalue weighted by molar-refractivity contribution is -0.277. The van der Waals surface area contributed by atoms with Crippen molar-refractivity contribution in [3.8, 4) is 17.2 Å². The number of ketones is 1. The van der Waals surface area contributed by atoms with E-state index in [4.69, 9.17) is 14.6 Å². The van der Waals surface area contributed by atoms with Crippen molar-refractivity contribution in [3.05, 3.63) is 17.7 Å². The quantitative estimate of drug-likeness (QED) is 0.361. The fourth-order valence-electron chi connectivity index (χ4n) is 2.32. The molecule has 9 nitrogen and oxygen atoms in total. The molecule has 1 aromatic carbocycles. The van der Waals surface area contributed by atoms with Gasteiger partial charge in [-0.15, -0.1) is 0 Å². The number of aliphatic hydroxyl groups excluding tert-OH is 4. The van der Waals surface area contributed by atoms with E-state index >= 15 is 0 Å². The van der Waals surface area contributed by atoms with Crippen LogP contribution in [-0.2, 0) is 4.74 Å². The first-order chi connectivity index (χ1) is 10.8. The Balaban J connectivity index is 2.33. The lowest BCUT2D eigenvalue weighted by Crippen LogP contribution is -2.60. The zero-order valence-corrected chi connectivity index (χ0v) is 12.2. The number of carbonyl (C=O) groups is 1. The number of phenols is 2. The summed E-state index contributed by atoms with van der Waals surface area (Å²) in [4.78, 5) is 11.6. The molecule has 5 atom stereocenters. The van der Waals surface area contributed by atoms with Crippen molar-refractivity contribution >= 4 is 5.78 Å². The van der Waals surface area contributed by atoms with Crippen LogP contribution in [0.1, 0.15) is 17.3 Å². The predicted molar refractivity (Wildman–Crippen MR) is 74.2 cm³/mol. The Morgan fingerprint density at radius 2 is 1.83 bits per heavy atom. The first-order valence-corrected chi connectivity index (χ1v) is 6.80. The monoisotopic (exact) mass is 330 g/mol. The molecule has 1 saturated heterocycles. The maximum absolute atomic E-state index is 11.6. The molecule has 0 amide bonds. The van der Waals surface area contributed by atoms with Gasteiger partial charge in [0.05, 0.1) is 6.61 Å². The van der Waals surface area contributed by atoms with Gasteiger partial charge < -0.3 is 40.1 Å². The molecule has 1 aromatic rings. The van der Waals surface area contributed by atoms with Crippen molar-refractivity contribution in [2.75, 3.05) is 6.61 Å². The van der Waals surface area contributed by atoms with E-state index in [9.17, 15) is 30.3 Å². The van der Waals surface area contributed by atoms with Gasteiger partial charge in [0.2, 0.25) is 6.29 Å². The Bertz CT molecular complexity index is 586. The zero-order chi connectivity index (χ0) is 17.3. The fraction of sp³-hybridized carbons (Fsp3) is 0.500. The predicted octanol–water partition coefficient (Wildman–Crippen LogP) is -1.52. The van der Waals surface area contributed by atoms with Crippen LogP contribution in [0.4, 0.5) is 0 Å². The Morgan fingerprint density at radius 3 is 2.39 bits per heavy atom. The number of Topliss-reactive ketones (excluding diaryl/α,β-unsaturated/α-hetero) is 1. The molecule has 2 rings (SSSR count). The topological polar surface area (TPSA) is 157 Å².